The van der Waals surface area contributed by atoms with Crippen LogP contribution in [0.2, 0.25) is 0 Å². The van der Waals surface area contributed by atoms with Crippen LogP contribution in [0.4, 0.5) is 5.82 Å². The van der Waals surface area contributed by atoms with E-state index in [-0.39, 0.29) is 0 Å². The highest BCUT2D eigenvalue weighted by Gasteiger charge is 2.17. The summed E-state index contributed by atoms with van der Waals surface area (Å²) in [5.74, 6) is 0.916. The van der Waals surface area contributed by atoms with E-state index in [4.69, 9.17) is 0 Å². The standard InChI is InChI=1S/C19H26N6/c1-3-7-25-15-17(13-21-25)14-23-8-4-9-24(11-10-23)19-6-5-16(2)18(12-20)22-19/h5-6,13,15H,3-4,7-11,14H2,1-2H3. The van der Waals surface area contributed by atoms with E-state index in [9.17, 15) is 5.26 Å². The van der Waals surface area contributed by atoms with Gasteiger partial charge in [-0.1, -0.05) is 13.0 Å². The molecular formula is C19H26N6. The summed E-state index contributed by atoms with van der Waals surface area (Å²) in [7, 11) is 0. The third kappa shape index (κ3) is 4.37. The summed E-state index contributed by atoms with van der Waals surface area (Å²) in [5, 5.41) is 13.6. The minimum absolute atomic E-state index is 0.530. The lowest BCUT2D eigenvalue weighted by molar-refractivity contribution is 0.285. The van der Waals surface area contributed by atoms with Crippen LogP contribution in [0.15, 0.2) is 24.5 Å². The molecule has 6 heteroatoms. The second-order valence-corrected chi connectivity index (χ2v) is 6.68. The molecule has 1 fully saturated rings. The molecule has 0 radical (unpaired) electrons. The van der Waals surface area contributed by atoms with E-state index in [1.165, 1.54) is 5.56 Å². The van der Waals surface area contributed by atoms with Crippen molar-refractivity contribution in [2.45, 2.75) is 39.8 Å². The lowest BCUT2D eigenvalue weighted by Crippen LogP contribution is -2.31. The predicted molar refractivity (Wildman–Crippen MR) is 98.3 cm³/mol. The highest BCUT2D eigenvalue weighted by molar-refractivity contribution is 5.45. The van der Waals surface area contributed by atoms with E-state index >= 15 is 0 Å². The molecule has 0 atom stereocenters. The second kappa shape index (κ2) is 8.13. The third-order valence-corrected chi connectivity index (χ3v) is 4.65. The fourth-order valence-electron chi connectivity index (χ4n) is 3.26. The first kappa shape index (κ1) is 17.4. The van der Waals surface area contributed by atoms with Crippen molar-refractivity contribution >= 4 is 5.82 Å². The molecule has 0 unspecified atom stereocenters. The maximum Gasteiger partial charge on any atom is 0.145 e. The molecule has 0 spiro atoms. The van der Waals surface area contributed by atoms with E-state index in [1.807, 2.05) is 29.9 Å². The molecule has 6 nitrogen and oxygen atoms in total. The number of aromatic nitrogens is 3. The number of nitrogens with zero attached hydrogens (tertiary/aromatic N) is 6. The molecular weight excluding hydrogens is 312 g/mol. The van der Waals surface area contributed by atoms with E-state index in [1.54, 1.807) is 0 Å². The minimum Gasteiger partial charge on any atom is -0.355 e. The van der Waals surface area contributed by atoms with Gasteiger partial charge in [-0.25, -0.2) is 4.98 Å². The van der Waals surface area contributed by atoms with Gasteiger partial charge in [0.2, 0.25) is 0 Å². The van der Waals surface area contributed by atoms with Crippen molar-refractivity contribution in [2.24, 2.45) is 0 Å². The van der Waals surface area contributed by atoms with Crippen LogP contribution in [0.5, 0.6) is 0 Å². The Labute approximate surface area is 149 Å². The summed E-state index contributed by atoms with van der Waals surface area (Å²) in [5.41, 5.74) is 2.75. The van der Waals surface area contributed by atoms with Crippen LogP contribution in [0, 0.1) is 18.3 Å². The highest BCUT2D eigenvalue weighted by atomic mass is 15.3. The molecule has 0 aromatic carbocycles. The van der Waals surface area contributed by atoms with Gasteiger partial charge in [0.05, 0.1) is 6.20 Å². The fourth-order valence-corrected chi connectivity index (χ4v) is 3.26. The van der Waals surface area contributed by atoms with Gasteiger partial charge in [-0.15, -0.1) is 0 Å². The zero-order valence-corrected chi connectivity index (χ0v) is 15.1. The molecule has 1 saturated heterocycles. The minimum atomic E-state index is 0.530. The molecule has 0 amide bonds. The fraction of sp³-hybridized carbons (Fsp3) is 0.526. The second-order valence-electron chi connectivity index (χ2n) is 6.68. The molecule has 2 aromatic heterocycles. The van der Waals surface area contributed by atoms with Gasteiger partial charge < -0.3 is 4.90 Å². The predicted octanol–water partition coefficient (Wildman–Crippen LogP) is 2.58. The smallest absolute Gasteiger partial charge is 0.145 e. The van der Waals surface area contributed by atoms with Gasteiger partial charge in [0, 0.05) is 51.0 Å². The Bertz CT molecular complexity index is 745. The summed E-state index contributed by atoms with van der Waals surface area (Å²) in [6.07, 6.45) is 6.35. The first-order valence-corrected chi connectivity index (χ1v) is 9.06. The van der Waals surface area contributed by atoms with Crippen LogP contribution in [-0.4, -0.2) is 45.8 Å². The summed E-state index contributed by atoms with van der Waals surface area (Å²) >= 11 is 0. The van der Waals surface area contributed by atoms with Crippen molar-refractivity contribution in [3.8, 4) is 6.07 Å². The summed E-state index contributed by atoms with van der Waals surface area (Å²) in [6, 6.07) is 6.21. The van der Waals surface area contributed by atoms with Crippen LogP contribution < -0.4 is 4.90 Å². The average molecular weight is 338 g/mol. The van der Waals surface area contributed by atoms with E-state index in [0.717, 1.165) is 63.5 Å². The Morgan fingerprint density at radius 1 is 1.20 bits per heavy atom. The maximum atomic E-state index is 9.20. The topological polar surface area (TPSA) is 61.0 Å². The van der Waals surface area contributed by atoms with Crippen LogP contribution in [0.3, 0.4) is 0 Å². The maximum absolute atomic E-state index is 9.20. The number of aryl methyl sites for hydroxylation is 2. The molecule has 1 aliphatic rings. The zero-order chi connectivity index (χ0) is 17.6. The number of rotatable bonds is 5. The molecule has 0 N–H and O–H groups in total. The number of hydrogen-bond donors (Lipinski definition) is 0. The van der Waals surface area contributed by atoms with Crippen molar-refractivity contribution < 1.29 is 0 Å². The normalized spacial score (nSPS) is 15.8. The Kier molecular flexibility index (Phi) is 5.67. The Hall–Kier alpha value is -2.39. The lowest BCUT2D eigenvalue weighted by Gasteiger charge is -2.22. The Balaban J connectivity index is 1.61. The van der Waals surface area contributed by atoms with Gasteiger partial charge in [0.25, 0.3) is 0 Å². The van der Waals surface area contributed by atoms with Crippen LogP contribution in [-0.2, 0) is 13.1 Å². The molecule has 0 saturated carbocycles. The molecule has 25 heavy (non-hydrogen) atoms. The molecule has 0 aliphatic carbocycles. The van der Waals surface area contributed by atoms with Gasteiger partial charge in [-0.05, 0) is 31.4 Å². The van der Waals surface area contributed by atoms with Gasteiger partial charge in [0.1, 0.15) is 17.6 Å². The number of pyridine rings is 1. The number of hydrogen-bond acceptors (Lipinski definition) is 5. The third-order valence-electron chi connectivity index (χ3n) is 4.65. The highest BCUT2D eigenvalue weighted by Crippen LogP contribution is 2.17. The van der Waals surface area contributed by atoms with Crippen molar-refractivity contribution in [1.82, 2.24) is 19.7 Å². The molecule has 0 bridgehead atoms. The quantitative estimate of drug-likeness (QED) is 0.838. The summed E-state index contributed by atoms with van der Waals surface area (Å²) in [4.78, 5) is 9.29. The summed E-state index contributed by atoms with van der Waals surface area (Å²) < 4.78 is 2.03. The average Bonchev–Trinajstić information content (AvgIpc) is 2.92. The van der Waals surface area contributed by atoms with E-state index in [2.05, 4.69) is 39.1 Å². The Morgan fingerprint density at radius 2 is 2.08 bits per heavy atom. The van der Waals surface area contributed by atoms with Crippen LogP contribution in [0.1, 0.15) is 36.6 Å². The number of nitriles is 1. The van der Waals surface area contributed by atoms with Crippen molar-refractivity contribution in [3.05, 3.63) is 41.3 Å². The monoisotopic (exact) mass is 338 g/mol. The summed E-state index contributed by atoms with van der Waals surface area (Å²) in [6.45, 7) is 10.0. The van der Waals surface area contributed by atoms with Gasteiger partial charge in [-0.2, -0.15) is 10.4 Å². The zero-order valence-electron chi connectivity index (χ0n) is 15.1. The van der Waals surface area contributed by atoms with Crippen LogP contribution >= 0.6 is 0 Å². The first-order chi connectivity index (χ1) is 12.2. The molecule has 132 valence electrons. The van der Waals surface area contributed by atoms with E-state index in [0.29, 0.717) is 5.69 Å². The Morgan fingerprint density at radius 3 is 2.88 bits per heavy atom. The first-order valence-electron chi connectivity index (χ1n) is 9.06. The van der Waals surface area contributed by atoms with Crippen molar-refractivity contribution in [1.29, 1.82) is 5.26 Å². The molecule has 2 aromatic rings. The van der Waals surface area contributed by atoms with Gasteiger partial charge >= 0.3 is 0 Å². The molecule has 3 rings (SSSR count). The van der Waals surface area contributed by atoms with Gasteiger partial charge in [0.15, 0.2) is 0 Å². The van der Waals surface area contributed by atoms with Crippen LogP contribution in [0.25, 0.3) is 0 Å². The van der Waals surface area contributed by atoms with Gasteiger partial charge in [-0.3, -0.25) is 9.58 Å². The van der Waals surface area contributed by atoms with Crippen molar-refractivity contribution in [2.75, 3.05) is 31.1 Å². The van der Waals surface area contributed by atoms with Crippen molar-refractivity contribution in [3.63, 3.8) is 0 Å². The SMILES string of the molecule is CCCn1cc(CN2CCCN(c3ccc(C)c(C#N)n3)CC2)cn1. The lowest BCUT2D eigenvalue weighted by atomic mass is 10.2. The number of anilines is 1. The van der Waals surface area contributed by atoms with E-state index < -0.39 is 0 Å². The molecule has 3 heterocycles. The molecule has 1 aliphatic heterocycles. The largest absolute Gasteiger partial charge is 0.355 e.